The van der Waals surface area contributed by atoms with Gasteiger partial charge in [0.25, 0.3) is 0 Å². The lowest BCUT2D eigenvalue weighted by atomic mass is 10.0. The van der Waals surface area contributed by atoms with Crippen molar-refractivity contribution in [3.63, 3.8) is 0 Å². The van der Waals surface area contributed by atoms with Gasteiger partial charge in [0.2, 0.25) is 5.91 Å². The van der Waals surface area contributed by atoms with Gasteiger partial charge in [-0.05, 0) is 37.0 Å². The Balaban J connectivity index is 2.81. The van der Waals surface area contributed by atoms with E-state index in [9.17, 15) is 4.79 Å². The number of nitrogens with one attached hydrogen (secondary N) is 1. The predicted molar refractivity (Wildman–Crippen MR) is 73.0 cm³/mol. The average Bonchev–Trinajstić information content (AvgIpc) is 2.29. The Morgan fingerprint density at radius 2 is 2.06 bits per heavy atom. The molecule has 3 nitrogen and oxygen atoms in total. The second-order valence-electron chi connectivity index (χ2n) is 4.74. The molecule has 3 N–H and O–H groups in total. The van der Waals surface area contributed by atoms with Crippen LogP contribution in [0, 0.1) is 19.8 Å². The number of nitrogen functional groups attached to an aromatic ring is 1. The normalized spacial score (nSPS) is 12.2. The highest BCUT2D eigenvalue weighted by atomic mass is 16.1. The molecule has 0 heterocycles. The third-order valence-corrected chi connectivity index (χ3v) is 3.21. The summed E-state index contributed by atoms with van der Waals surface area (Å²) < 4.78 is 0. The van der Waals surface area contributed by atoms with Gasteiger partial charge < -0.3 is 11.1 Å². The van der Waals surface area contributed by atoms with Crippen LogP contribution in [0.1, 0.15) is 37.8 Å². The number of amides is 1. The van der Waals surface area contributed by atoms with Crippen LogP contribution in [0.2, 0.25) is 0 Å². The van der Waals surface area contributed by atoms with E-state index in [0.717, 1.165) is 28.9 Å². The first-order valence-corrected chi connectivity index (χ1v) is 6.11. The second kappa shape index (κ2) is 5.71. The molecule has 1 aromatic rings. The number of carbonyl (C=O) groups excluding carboxylic acids is 1. The average molecular weight is 234 g/mol. The van der Waals surface area contributed by atoms with E-state index in [4.69, 9.17) is 5.73 Å². The minimum absolute atomic E-state index is 0.0659. The number of benzene rings is 1. The Morgan fingerprint density at radius 3 is 2.65 bits per heavy atom. The van der Waals surface area contributed by atoms with Gasteiger partial charge >= 0.3 is 0 Å². The van der Waals surface area contributed by atoms with E-state index >= 15 is 0 Å². The molecule has 0 bridgehead atoms. The van der Waals surface area contributed by atoms with Crippen LogP contribution in [0.4, 0.5) is 11.4 Å². The minimum Gasteiger partial charge on any atom is -0.398 e. The van der Waals surface area contributed by atoms with Crippen molar-refractivity contribution < 1.29 is 4.79 Å². The summed E-state index contributed by atoms with van der Waals surface area (Å²) in [5.74, 6) is 0.479. The molecule has 0 aromatic heterocycles. The first kappa shape index (κ1) is 13.6. The number of hydrogen-bond donors (Lipinski definition) is 2. The number of anilines is 2. The Hall–Kier alpha value is -1.51. The number of rotatable bonds is 4. The van der Waals surface area contributed by atoms with Gasteiger partial charge in [-0.1, -0.05) is 26.3 Å². The summed E-state index contributed by atoms with van der Waals surface area (Å²) in [7, 11) is 0. The van der Waals surface area contributed by atoms with Crippen LogP contribution in [0.3, 0.4) is 0 Å². The van der Waals surface area contributed by atoms with Crippen LogP contribution in [0.15, 0.2) is 12.1 Å². The quantitative estimate of drug-likeness (QED) is 0.786. The molecule has 0 radical (unpaired) electrons. The standard InChI is InChI=1S/C14H22N2O/c1-5-9(2)8-13(17)16-14-10(3)6-7-12(15)11(14)4/h6-7,9H,5,8,15H2,1-4H3,(H,16,17). The van der Waals surface area contributed by atoms with Gasteiger partial charge in [0, 0.05) is 17.8 Å². The molecule has 1 amide bonds. The molecule has 0 saturated heterocycles. The summed E-state index contributed by atoms with van der Waals surface area (Å²) in [6.07, 6.45) is 1.58. The maximum absolute atomic E-state index is 11.8. The Morgan fingerprint density at radius 1 is 1.41 bits per heavy atom. The van der Waals surface area contributed by atoms with Crippen LogP contribution in [-0.2, 0) is 4.79 Å². The van der Waals surface area contributed by atoms with E-state index in [1.807, 2.05) is 26.0 Å². The number of carbonyl (C=O) groups is 1. The molecule has 0 saturated carbocycles. The zero-order chi connectivity index (χ0) is 13.0. The summed E-state index contributed by atoms with van der Waals surface area (Å²) in [5.41, 5.74) is 9.41. The Bertz CT molecular complexity index is 413. The lowest BCUT2D eigenvalue weighted by Gasteiger charge is -2.14. The highest BCUT2D eigenvalue weighted by Gasteiger charge is 2.11. The predicted octanol–water partition coefficient (Wildman–Crippen LogP) is 3.26. The monoisotopic (exact) mass is 234 g/mol. The molecule has 3 heteroatoms. The zero-order valence-corrected chi connectivity index (χ0v) is 11.1. The fourth-order valence-electron chi connectivity index (χ4n) is 1.71. The van der Waals surface area contributed by atoms with Crippen molar-refractivity contribution in [2.75, 3.05) is 11.1 Å². The summed E-state index contributed by atoms with van der Waals surface area (Å²) >= 11 is 0. The summed E-state index contributed by atoms with van der Waals surface area (Å²) in [5, 5.41) is 2.97. The molecule has 0 fully saturated rings. The van der Waals surface area contributed by atoms with Crippen LogP contribution in [-0.4, -0.2) is 5.91 Å². The van der Waals surface area contributed by atoms with Crippen molar-refractivity contribution in [1.29, 1.82) is 0 Å². The fourth-order valence-corrected chi connectivity index (χ4v) is 1.71. The lowest BCUT2D eigenvalue weighted by molar-refractivity contribution is -0.117. The topological polar surface area (TPSA) is 55.1 Å². The molecule has 0 aliphatic carbocycles. The molecule has 17 heavy (non-hydrogen) atoms. The van der Waals surface area contributed by atoms with Crippen LogP contribution < -0.4 is 11.1 Å². The smallest absolute Gasteiger partial charge is 0.224 e. The van der Waals surface area contributed by atoms with E-state index < -0.39 is 0 Å². The van der Waals surface area contributed by atoms with E-state index in [2.05, 4.69) is 19.2 Å². The van der Waals surface area contributed by atoms with E-state index in [0.29, 0.717) is 12.3 Å². The lowest BCUT2D eigenvalue weighted by Crippen LogP contribution is -2.16. The van der Waals surface area contributed by atoms with Crippen molar-refractivity contribution >= 4 is 17.3 Å². The van der Waals surface area contributed by atoms with Gasteiger partial charge in [0.05, 0.1) is 0 Å². The third kappa shape index (κ3) is 3.48. The molecule has 1 rings (SSSR count). The zero-order valence-electron chi connectivity index (χ0n) is 11.1. The Labute approximate surface area is 103 Å². The summed E-state index contributed by atoms with van der Waals surface area (Å²) in [6, 6.07) is 3.80. The number of nitrogens with two attached hydrogens (primary N) is 1. The summed E-state index contributed by atoms with van der Waals surface area (Å²) in [6.45, 7) is 8.08. The van der Waals surface area contributed by atoms with Gasteiger partial charge in [0.15, 0.2) is 0 Å². The number of hydrogen-bond acceptors (Lipinski definition) is 2. The van der Waals surface area contributed by atoms with E-state index in [1.165, 1.54) is 0 Å². The molecule has 0 aliphatic heterocycles. The van der Waals surface area contributed by atoms with Gasteiger partial charge in [-0.15, -0.1) is 0 Å². The molecule has 1 unspecified atom stereocenters. The molecule has 0 aliphatic rings. The first-order valence-electron chi connectivity index (χ1n) is 6.11. The first-order chi connectivity index (χ1) is 7.95. The molecule has 0 spiro atoms. The Kier molecular flexibility index (Phi) is 4.55. The molecular weight excluding hydrogens is 212 g/mol. The van der Waals surface area contributed by atoms with Crippen molar-refractivity contribution in [1.82, 2.24) is 0 Å². The summed E-state index contributed by atoms with van der Waals surface area (Å²) in [4.78, 5) is 11.8. The van der Waals surface area contributed by atoms with Crippen molar-refractivity contribution in [3.8, 4) is 0 Å². The fraction of sp³-hybridized carbons (Fsp3) is 0.500. The molecule has 94 valence electrons. The number of aryl methyl sites for hydroxylation is 1. The van der Waals surface area contributed by atoms with Crippen LogP contribution in [0.25, 0.3) is 0 Å². The van der Waals surface area contributed by atoms with Gasteiger partial charge in [-0.25, -0.2) is 0 Å². The van der Waals surface area contributed by atoms with Crippen LogP contribution >= 0.6 is 0 Å². The van der Waals surface area contributed by atoms with Crippen molar-refractivity contribution in [3.05, 3.63) is 23.3 Å². The van der Waals surface area contributed by atoms with Gasteiger partial charge in [-0.3, -0.25) is 4.79 Å². The maximum Gasteiger partial charge on any atom is 0.224 e. The highest BCUT2D eigenvalue weighted by Crippen LogP contribution is 2.25. The second-order valence-corrected chi connectivity index (χ2v) is 4.74. The molecular formula is C14H22N2O. The molecule has 1 aromatic carbocycles. The van der Waals surface area contributed by atoms with Crippen LogP contribution in [0.5, 0.6) is 0 Å². The third-order valence-electron chi connectivity index (χ3n) is 3.21. The minimum atomic E-state index is 0.0659. The SMILES string of the molecule is CCC(C)CC(=O)Nc1c(C)ccc(N)c1C. The van der Waals surface area contributed by atoms with E-state index in [1.54, 1.807) is 0 Å². The largest absolute Gasteiger partial charge is 0.398 e. The van der Waals surface area contributed by atoms with Crippen molar-refractivity contribution in [2.24, 2.45) is 5.92 Å². The molecule has 1 atom stereocenters. The van der Waals surface area contributed by atoms with E-state index in [-0.39, 0.29) is 5.91 Å². The van der Waals surface area contributed by atoms with Gasteiger partial charge in [0.1, 0.15) is 0 Å². The maximum atomic E-state index is 11.8. The highest BCUT2D eigenvalue weighted by molar-refractivity contribution is 5.93. The van der Waals surface area contributed by atoms with Crippen molar-refractivity contribution in [2.45, 2.75) is 40.5 Å². The van der Waals surface area contributed by atoms with Gasteiger partial charge in [-0.2, -0.15) is 0 Å².